The third-order valence-electron chi connectivity index (χ3n) is 3.96. The minimum Gasteiger partial charge on any atom is -0.250 e. The number of hydrogen-bond acceptors (Lipinski definition) is 4. The summed E-state index contributed by atoms with van der Waals surface area (Å²) in [6.07, 6.45) is 6.88. The van der Waals surface area contributed by atoms with Crippen LogP contribution < -0.4 is 4.72 Å². The van der Waals surface area contributed by atoms with E-state index in [1.165, 1.54) is 17.5 Å². The number of thiazole rings is 1. The van der Waals surface area contributed by atoms with Crippen molar-refractivity contribution in [3.05, 3.63) is 45.4 Å². The molecule has 22 heavy (non-hydrogen) atoms. The van der Waals surface area contributed by atoms with Gasteiger partial charge in [-0.05, 0) is 62.3 Å². The maximum Gasteiger partial charge on any atom is 0.240 e. The quantitative estimate of drug-likeness (QED) is 0.913. The van der Waals surface area contributed by atoms with Gasteiger partial charge in [-0.3, -0.25) is 0 Å². The third-order valence-corrected chi connectivity index (χ3v) is 6.39. The first kappa shape index (κ1) is 15.6. The number of fused-ring (bicyclic) bond motifs is 1. The van der Waals surface area contributed by atoms with Gasteiger partial charge in [0, 0.05) is 17.6 Å². The molecule has 0 amide bonds. The maximum absolute atomic E-state index is 12.4. The summed E-state index contributed by atoms with van der Waals surface area (Å²) in [7, 11) is -3.42. The second-order valence-corrected chi connectivity index (χ2v) is 8.72. The second kappa shape index (κ2) is 6.48. The van der Waals surface area contributed by atoms with E-state index in [9.17, 15) is 8.42 Å². The number of hydrogen-bond donors (Lipinski definition) is 1. The van der Waals surface area contributed by atoms with Crippen LogP contribution in [-0.4, -0.2) is 19.9 Å². The highest BCUT2D eigenvalue weighted by Gasteiger charge is 2.17. The summed E-state index contributed by atoms with van der Waals surface area (Å²) in [5.74, 6) is 0. The van der Waals surface area contributed by atoms with E-state index in [4.69, 9.17) is 0 Å². The zero-order valence-corrected chi connectivity index (χ0v) is 14.3. The van der Waals surface area contributed by atoms with E-state index in [2.05, 4.69) is 9.71 Å². The highest BCUT2D eigenvalue weighted by Crippen LogP contribution is 2.24. The predicted octanol–water partition coefficient (Wildman–Crippen LogP) is 2.85. The van der Waals surface area contributed by atoms with Gasteiger partial charge in [0.25, 0.3) is 0 Å². The Bertz CT molecular complexity index is 766. The minimum absolute atomic E-state index is 0.383. The molecule has 2 aromatic rings. The lowest BCUT2D eigenvalue weighted by Crippen LogP contribution is -2.26. The Hall–Kier alpha value is -1.24. The molecule has 0 spiro atoms. The molecule has 3 rings (SSSR count). The lowest BCUT2D eigenvalue weighted by molar-refractivity contribution is 0.581. The van der Waals surface area contributed by atoms with Crippen molar-refractivity contribution in [3.8, 4) is 0 Å². The van der Waals surface area contributed by atoms with E-state index in [0.717, 1.165) is 29.1 Å². The first-order chi connectivity index (χ1) is 10.5. The molecule has 0 saturated heterocycles. The zero-order chi connectivity index (χ0) is 15.6. The first-order valence-corrected chi connectivity index (χ1v) is 9.87. The van der Waals surface area contributed by atoms with Crippen LogP contribution in [-0.2, 0) is 29.3 Å². The van der Waals surface area contributed by atoms with E-state index < -0.39 is 10.0 Å². The van der Waals surface area contributed by atoms with E-state index in [-0.39, 0.29) is 0 Å². The van der Waals surface area contributed by atoms with Crippen LogP contribution in [0.1, 0.15) is 33.9 Å². The number of aryl methyl sites for hydroxylation is 3. The summed E-state index contributed by atoms with van der Waals surface area (Å²) in [5, 5.41) is 1.01. The van der Waals surface area contributed by atoms with Gasteiger partial charge in [0.1, 0.15) is 0 Å². The molecule has 0 radical (unpaired) electrons. The summed E-state index contributed by atoms with van der Waals surface area (Å²) >= 11 is 1.61. The molecule has 6 heteroatoms. The normalized spacial score (nSPS) is 14.8. The lowest BCUT2D eigenvalue weighted by Gasteiger charge is -2.16. The lowest BCUT2D eigenvalue weighted by atomic mass is 9.92. The first-order valence-electron chi connectivity index (χ1n) is 7.57. The molecule has 1 heterocycles. The third kappa shape index (κ3) is 3.56. The van der Waals surface area contributed by atoms with Crippen LogP contribution in [0.4, 0.5) is 0 Å². The number of benzene rings is 1. The van der Waals surface area contributed by atoms with Gasteiger partial charge in [0.15, 0.2) is 0 Å². The van der Waals surface area contributed by atoms with Gasteiger partial charge in [-0.15, -0.1) is 11.3 Å². The number of nitrogens with zero attached hydrogens (tertiary/aromatic N) is 1. The smallest absolute Gasteiger partial charge is 0.240 e. The minimum atomic E-state index is -3.42. The summed E-state index contributed by atoms with van der Waals surface area (Å²) < 4.78 is 27.5. The molecule has 1 aliphatic rings. The largest absolute Gasteiger partial charge is 0.250 e. The van der Waals surface area contributed by atoms with Crippen LogP contribution in [0.15, 0.2) is 29.3 Å². The Balaban J connectivity index is 1.67. The molecule has 4 nitrogen and oxygen atoms in total. The van der Waals surface area contributed by atoms with E-state index in [1.807, 2.05) is 25.3 Å². The summed E-state index contributed by atoms with van der Waals surface area (Å²) in [4.78, 5) is 5.66. The number of aromatic nitrogens is 1. The van der Waals surface area contributed by atoms with Crippen molar-refractivity contribution in [2.45, 2.75) is 43.9 Å². The molecule has 0 fully saturated rings. The average Bonchev–Trinajstić information content (AvgIpc) is 2.92. The second-order valence-electron chi connectivity index (χ2n) is 5.63. The van der Waals surface area contributed by atoms with E-state index in [1.54, 1.807) is 17.4 Å². The maximum atomic E-state index is 12.4. The molecule has 1 aromatic carbocycles. The van der Waals surface area contributed by atoms with Crippen molar-refractivity contribution < 1.29 is 8.42 Å². The van der Waals surface area contributed by atoms with Crippen LogP contribution in [0.3, 0.4) is 0 Å². The molecule has 0 unspecified atom stereocenters. The molecular formula is C16H20N2O2S2. The molecule has 0 saturated carbocycles. The molecule has 0 bridgehead atoms. The van der Waals surface area contributed by atoms with Gasteiger partial charge in [-0.2, -0.15) is 0 Å². The zero-order valence-electron chi connectivity index (χ0n) is 12.6. The van der Waals surface area contributed by atoms with Crippen molar-refractivity contribution in [1.29, 1.82) is 0 Å². The molecular weight excluding hydrogens is 316 g/mol. The molecule has 1 aromatic heterocycles. The van der Waals surface area contributed by atoms with Gasteiger partial charge >= 0.3 is 0 Å². The van der Waals surface area contributed by atoms with Crippen molar-refractivity contribution in [2.24, 2.45) is 0 Å². The van der Waals surface area contributed by atoms with Gasteiger partial charge in [0.05, 0.1) is 9.90 Å². The number of sulfonamides is 1. The van der Waals surface area contributed by atoms with Gasteiger partial charge < -0.3 is 0 Å². The topological polar surface area (TPSA) is 59.1 Å². The summed E-state index contributed by atoms with van der Waals surface area (Å²) in [5.41, 5.74) is 2.48. The Kier molecular flexibility index (Phi) is 4.61. The van der Waals surface area contributed by atoms with Crippen molar-refractivity contribution >= 4 is 21.4 Å². The molecule has 1 N–H and O–H groups in total. The fourth-order valence-corrected chi connectivity index (χ4v) is 4.67. The van der Waals surface area contributed by atoms with Crippen LogP contribution in [0, 0.1) is 6.92 Å². The van der Waals surface area contributed by atoms with Crippen molar-refractivity contribution in [2.75, 3.05) is 6.54 Å². The average molecular weight is 336 g/mol. The van der Waals surface area contributed by atoms with Crippen molar-refractivity contribution in [3.63, 3.8) is 0 Å². The molecule has 0 aliphatic heterocycles. The Morgan fingerprint density at radius 2 is 2.00 bits per heavy atom. The van der Waals surface area contributed by atoms with Crippen LogP contribution in [0.25, 0.3) is 0 Å². The van der Waals surface area contributed by atoms with E-state index in [0.29, 0.717) is 17.9 Å². The van der Waals surface area contributed by atoms with Crippen LogP contribution in [0.2, 0.25) is 0 Å². The Labute approximate surface area is 135 Å². The summed E-state index contributed by atoms with van der Waals surface area (Å²) in [6, 6.07) is 5.53. The highest BCUT2D eigenvalue weighted by atomic mass is 32.2. The van der Waals surface area contributed by atoms with Gasteiger partial charge in [-0.25, -0.2) is 18.1 Å². The van der Waals surface area contributed by atoms with Gasteiger partial charge in [-0.1, -0.05) is 6.07 Å². The highest BCUT2D eigenvalue weighted by molar-refractivity contribution is 7.89. The Morgan fingerprint density at radius 3 is 2.73 bits per heavy atom. The van der Waals surface area contributed by atoms with Gasteiger partial charge in [0.2, 0.25) is 10.0 Å². The van der Waals surface area contributed by atoms with Crippen LogP contribution >= 0.6 is 11.3 Å². The molecule has 0 atom stereocenters. The molecule has 1 aliphatic carbocycles. The number of nitrogens with one attached hydrogen (secondary N) is 1. The fourth-order valence-electron chi connectivity index (χ4n) is 2.79. The number of rotatable bonds is 5. The monoisotopic (exact) mass is 336 g/mol. The van der Waals surface area contributed by atoms with E-state index >= 15 is 0 Å². The fraction of sp³-hybridized carbons (Fsp3) is 0.438. The van der Waals surface area contributed by atoms with Crippen LogP contribution in [0.5, 0.6) is 0 Å². The molecule has 118 valence electrons. The standard InChI is InChI=1S/C16H20N2O2S2/c1-12-17-11-15(21-12)8-9-18-22(19,20)16-7-6-13-4-2-3-5-14(13)10-16/h6-7,10-11,18H,2-5,8-9H2,1H3. The summed E-state index contributed by atoms with van der Waals surface area (Å²) in [6.45, 7) is 2.35. The predicted molar refractivity (Wildman–Crippen MR) is 88.8 cm³/mol. The SMILES string of the molecule is Cc1ncc(CCNS(=O)(=O)c2ccc3c(c2)CCCC3)s1. The van der Waals surface area contributed by atoms with Crippen molar-refractivity contribution in [1.82, 2.24) is 9.71 Å². The Morgan fingerprint density at radius 1 is 1.23 bits per heavy atom.